The number of hydrogen-bond donors (Lipinski definition) is 1. The number of aryl methyl sites for hydroxylation is 1. The number of carbonyl (C=O) groups is 1. The Morgan fingerprint density at radius 1 is 1.67 bits per heavy atom. The second kappa shape index (κ2) is 3.87. The van der Waals surface area contributed by atoms with Gasteiger partial charge in [0.1, 0.15) is 0 Å². The highest BCUT2D eigenvalue weighted by Crippen LogP contribution is 2.28. The first-order valence-corrected chi connectivity index (χ1v) is 6.09. The number of nitrogens with two attached hydrogens (primary N) is 1. The van der Waals surface area contributed by atoms with Crippen molar-refractivity contribution in [1.82, 2.24) is 4.98 Å². The van der Waals surface area contributed by atoms with E-state index in [2.05, 4.69) is 4.98 Å². The third kappa shape index (κ3) is 2.52. The van der Waals surface area contributed by atoms with Crippen LogP contribution in [0.25, 0.3) is 0 Å². The van der Waals surface area contributed by atoms with Gasteiger partial charge in [-0.15, -0.1) is 0 Å². The number of hydrogen-bond acceptors (Lipinski definition) is 5. The lowest BCUT2D eigenvalue weighted by molar-refractivity contribution is -0.116. The van der Waals surface area contributed by atoms with Crippen LogP contribution in [0.15, 0.2) is 4.21 Å². The zero-order valence-corrected chi connectivity index (χ0v) is 9.65. The largest absolute Gasteiger partial charge is 0.291 e. The molecule has 0 bridgehead atoms. The molecule has 0 aromatic carbocycles. The Labute approximate surface area is 96.0 Å². The first-order valence-electron chi connectivity index (χ1n) is 5.23. The number of nitrogens with zero attached hydrogens (tertiary/aromatic N) is 2. The summed E-state index contributed by atoms with van der Waals surface area (Å²) in [6, 6.07) is 0. The van der Waals surface area contributed by atoms with Crippen molar-refractivity contribution in [3.8, 4) is 0 Å². The van der Waals surface area contributed by atoms with E-state index < -0.39 is 32.7 Å². The van der Waals surface area contributed by atoms with E-state index in [-0.39, 0.29) is 5.13 Å². The van der Waals surface area contributed by atoms with Crippen LogP contribution < -0.4 is 10.0 Å². The van der Waals surface area contributed by atoms with Gasteiger partial charge in [0, 0.05) is 18.1 Å². The summed E-state index contributed by atoms with van der Waals surface area (Å²) in [5.41, 5.74) is -0.613. The van der Waals surface area contributed by atoms with E-state index in [0.29, 0.717) is 11.3 Å². The standard InChI is InChI=1S/C7H11N3O3S2/c1-4-6(15(8,12)13)14-7(9-4)10(3)5(2)11/h1-3H3,(H2,8,12,13)/i1D3. The third-order valence-corrected chi connectivity index (χ3v) is 4.19. The van der Waals surface area contributed by atoms with Crippen molar-refractivity contribution < 1.29 is 17.3 Å². The van der Waals surface area contributed by atoms with Gasteiger partial charge in [-0.25, -0.2) is 18.5 Å². The number of carbonyl (C=O) groups excluding carboxylic acids is 1. The van der Waals surface area contributed by atoms with Crippen LogP contribution in [0.5, 0.6) is 0 Å². The van der Waals surface area contributed by atoms with Gasteiger partial charge in [0.25, 0.3) is 0 Å². The maximum Gasteiger partial charge on any atom is 0.249 e. The first kappa shape index (κ1) is 8.20. The minimum atomic E-state index is -4.20. The molecule has 1 aromatic rings. The molecule has 15 heavy (non-hydrogen) atoms. The van der Waals surface area contributed by atoms with Crippen molar-refractivity contribution in [3.05, 3.63) is 5.69 Å². The lowest BCUT2D eigenvalue weighted by Gasteiger charge is -2.09. The highest BCUT2D eigenvalue weighted by molar-refractivity contribution is 7.91. The smallest absolute Gasteiger partial charge is 0.249 e. The molecule has 8 heteroatoms. The predicted octanol–water partition coefficient (Wildman–Crippen LogP) is 0.0816. The molecule has 0 aliphatic carbocycles. The normalized spacial score (nSPS) is 15.3. The zero-order chi connectivity index (χ0) is 14.3. The Hall–Kier alpha value is -0.990. The van der Waals surface area contributed by atoms with Gasteiger partial charge in [-0.3, -0.25) is 9.69 Å². The molecule has 84 valence electrons. The van der Waals surface area contributed by atoms with Crippen LogP contribution >= 0.6 is 11.3 Å². The van der Waals surface area contributed by atoms with Gasteiger partial charge in [-0.1, -0.05) is 11.3 Å². The Balaban J connectivity index is 3.48. The van der Waals surface area contributed by atoms with Crippen molar-refractivity contribution in [2.45, 2.75) is 18.0 Å². The van der Waals surface area contributed by atoms with Crippen molar-refractivity contribution in [1.29, 1.82) is 0 Å². The molecule has 0 spiro atoms. The minimum Gasteiger partial charge on any atom is -0.291 e. The summed E-state index contributed by atoms with van der Waals surface area (Å²) in [4.78, 5) is 15.9. The lowest BCUT2D eigenvalue weighted by atomic mass is 10.6. The molecule has 0 aliphatic heterocycles. The van der Waals surface area contributed by atoms with Gasteiger partial charge in [-0.2, -0.15) is 0 Å². The minimum absolute atomic E-state index is 0.0300. The molecule has 0 unspecified atom stereocenters. The molecular formula is C7H11N3O3S2. The number of rotatable bonds is 2. The Morgan fingerprint density at radius 2 is 2.27 bits per heavy atom. The summed E-state index contributed by atoms with van der Waals surface area (Å²) >= 11 is 0.551. The molecule has 0 saturated heterocycles. The molecular weight excluding hydrogens is 238 g/mol. The van der Waals surface area contributed by atoms with Crippen molar-refractivity contribution >= 4 is 32.4 Å². The summed E-state index contributed by atoms with van der Waals surface area (Å²) < 4.78 is 43.7. The third-order valence-electron chi connectivity index (χ3n) is 1.60. The summed E-state index contributed by atoms with van der Waals surface area (Å²) in [5, 5.41) is 4.90. The topological polar surface area (TPSA) is 93.4 Å². The molecule has 0 aliphatic rings. The Kier molecular flexibility index (Phi) is 2.12. The molecule has 0 fully saturated rings. The summed E-state index contributed by atoms with van der Waals surface area (Å²) in [6.07, 6.45) is 0. The Morgan fingerprint density at radius 3 is 2.60 bits per heavy atom. The van der Waals surface area contributed by atoms with Crippen molar-refractivity contribution in [2.75, 3.05) is 11.9 Å². The summed E-state index contributed by atoms with van der Waals surface area (Å²) in [5.74, 6) is -0.401. The second-order valence-corrected chi connectivity index (χ2v) is 5.49. The molecule has 0 saturated carbocycles. The molecule has 1 aromatic heterocycles. The number of aromatic nitrogens is 1. The van der Waals surface area contributed by atoms with Gasteiger partial charge in [0.15, 0.2) is 9.34 Å². The maximum absolute atomic E-state index is 11.3. The maximum atomic E-state index is 11.3. The van der Waals surface area contributed by atoms with E-state index in [1.54, 1.807) is 0 Å². The fraction of sp³-hybridized carbons (Fsp3) is 0.429. The second-order valence-electron chi connectivity index (χ2n) is 2.76. The first-order chi connectivity index (χ1) is 7.94. The Bertz CT molecular complexity index is 578. The fourth-order valence-corrected chi connectivity index (χ4v) is 2.48. The number of primary sulfonamides is 1. The molecule has 2 N–H and O–H groups in total. The highest BCUT2D eigenvalue weighted by atomic mass is 32.2. The zero-order valence-electron chi connectivity index (χ0n) is 11.0. The lowest BCUT2D eigenvalue weighted by Crippen LogP contribution is -2.22. The van der Waals surface area contributed by atoms with E-state index in [9.17, 15) is 13.2 Å². The monoisotopic (exact) mass is 252 g/mol. The molecule has 0 radical (unpaired) electrons. The summed E-state index contributed by atoms with van der Waals surface area (Å²) in [6.45, 7) is -1.47. The van der Waals surface area contributed by atoms with Crippen LogP contribution in [0.4, 0.5) is 5.13 Å². The van der Waals surface area contributed by atoms with Crippen LogP contribution in [-0.4, -0.2) is 26.4 Å². The van der Waals surface area contributed by atoms with Crippen LogP contribution in [0, 0.1) is 6.85 Å². The SMILES string of the molecule is [2H]C([2H])([2H])c1nc(N(C)C(C)=O)sc1S(N)(=O)=O. The average Bonchev–Trinajstić information content (AvgIpc) is 2.58. The van der Waals surface area contributed by atoms with E-state index in [1.165, 1.54) is 14.0 Å². The van der Waals surface area contributed by atoms with Gasteiger partial charge < -0.3 is 0 Å². The summed E-state index contributed by atoms with van der Waals surface area (Å²) in [7, 11) is -2.84. The van der Waals surface area contributed by atoms with Crippen LogP contribution in [0.3, 0.4) is 0 Å². The number of amides is 1. The van der Waals surface area contributed by atoms with Gasteiger partial charge in [0.05, 0.1) is 5.69 Å². The van der Waals surface area contributed by atoms with E-state index >= 15 is 0 Å². The number of thiazole rings is 1. The van der Waals surface area contributed by atoms with Crippen molar-refractivity contribution in [2.24, 2.45) is 5.14 Å². The predicted molar refractivity (Wildman–Crippen MR) is 57.3 cm³/mol. The molecule has 1 heterocycles. The van der Waals surface area contributed by atoms with Crippen LogP contribution in [0.1, 0.15) is 16.7 Å². The van der Waals surface area contributed by atoms with E-state index in [0.717, 1.165) is 4.90 Å². The average molecular weight is 252 g/mol. The number of anilines is 1. The molecule has 6 nitrogen and oxygen atoms in total. The van der Waals surface area contributed by atoms with E-state index in [1.807, 2.05) is 0 Å². The van der Waals surface area contributed by atoms with Crippen LogP contribution in [0.2, 0.25) is 0 Å². The van der Waals surface area contributed by atoms with E-state index in [4.69, 9.17) is 9.25 Å². The highest BCUT2D eigenvalue weighted by Gasteiger charge is 2.20. The van der Waals surface area contributed by atoms with Gasteiger partial charge in [-0.05, 0) is 6.85 Å². The van der Waals surface area contributed by atoms with Gasteiger partial charge in [0.2, 0.25) is 15.9 Å². The molecule has 1 rings (SSSR count). The van der Waals surface area contributed by atoms with Gasteiger partial charge >= 0.3 is 0 Å². The van der Waals surface area contributed by atoms with Crippen molar-refractivity contribution in [3.63, 3.8) is 0 Å². The molecule has 0 atom stereocenters. The fourth-order valence-electron chi connectivity index (χ4n) is 0.766. The quantitative estimate of drug-likeness (QED) is 0.806. The number of sulfonamides is 1. The molecule has 1 amide bonds. The van der Waals surface area contributed by atoms with Crippen LogP contribution in [-0.2, 0) is 14.8 Å².